The Balaban J connectivity index is 2.41. The van der Waals surface area contributed by atoms with Gasteiger partial charge in [-0.3, -0.25) is 0 Å². The summed E-state index contributed by atoms with van der Waals surface area (Å²) in [4.78, 5) is 0. The van der Waals surface area contributed by atoms with Crippen molar-refractivity contribution in [3.63, 3.8) is 0 Å². The predicted molar refractivity (Wildman–Crippen MR) is 73.2 cm³/mol. The maximum atomic E-state index is 10.4. The van der Waals surface area contributed by atoms with Gasteiger partial charge < -0.3 is 9.84 Å². The van der Waals surface area contributed by atoms with Crippen LogP contribution < -0.4 is 4.74 Å². The van der Waals surface area contributed by atoms with Crippen LogP contribution >= 0.6 is 11.6 Å². The second-order valence-electron chi connectivity index (χ2n) is 4.15. The Morgan fingerprint density at radius 1 is 1.17 bits per heavy atom. The number of rotatable bonds is 3. The van der Waals surface area contributed by atoms with Gasteiger partial charge in [0, 0.05) is 10.6 Å². The Morgan fingerprint density at radius 3 is 2.56 bits per heavy atom. The van der Waals surface area contributed by atoms with Gasteiger partial charge in [0.1, 0.15) is 11.9 Å². The van der Waals surface area contributed by atoms with Crippen molar-refractivity contribution < 1.29 is 9.84 Å². The number of hydrogen-bond acceptors (Lipinski definition) is 2. The molecule has 0 heterocycles. The third-order valence-electron chi connectivity index (χ3n) is 2.93. The van der Waals surface area contributed by atoms with Crippen LogP contribution in [-0.2, 0) is 0 Å². The van der Waals surface area contributed by atoms with Crippen LogP contribution in [0.5, 0.6) is 5.75 Å². The van der Waals surface area contributed by atoms with Gasteiger partial charge in [-0.15, -0.1) is 0 Å². The maximum Gasteiger partial charge on any atom is 0.125 e. The van der Waals surface area contributed by atoms with Gasteiger partial charge >= 0.3 is 0 Å². The van der Waals surface area contributed by atoms with Crippen LogP contribution in [0.4, 0.5) is 0 Å². The molecular weight excluding hydrogens is 248 g/mol. The van der Waals surface area contributed by atoms with Crippen molar-refractivity contribution in [2.24, 2.45) is 0 Å². The minimum absolute atomic E-state index is 0.678. The molecule has 1 N–H and O–H groups in total. The average Bonchev–Trinajstić information content (AvgIpc) is 2.41. The van der Waals surface area contributed by atoms with Gasteiger partial charge in [0.2, 0.25) is 0 Å². The zero-order chi connectivity index (χ0) is 13.1. The molecule has 0 saturated heterocycles. The molecule has 18 heavy (non-hydrogen) atoms. The van der Waals surface area contributed by atoms with E-state index in [0.717, 1.165) is 16.7 Å². The van der Waals surface area contributed by atoms with Crippen LogP contribution in [0.15, 0.2) is 42.5 Å². The number of aryl methyl sites for hydroxylation is 1. The molecule has 2 nitrogen and oxygen atoms in total. The number of hydrogen-bond donors (Lipinski definition) is 1. The first-order valence-electron chi connectivity index (χ1n) is 5.70. The third-order valence-corrected chi connectivity index (χ3v) is 3.36. The Morgan fingerprint density at radius 2 is 1.89 bits per heavy atom. The minimum atomic E-state index is -0.711. The van der Waals surface area contributed by atoms with Gasteiger partial charge in [-0.05, 0) is 30.2 Å². The molecule has 2 aromatic rings. The number of aliphatic hydroxyl groups is 1. The molecule has 0 aliphatic carbocycles. The number of para-hydroxylation sites is 1. The quantitative estimate of drug-likeness (QED) is 0.913. The number of ether oxygens (including phenoxy) is 1. The fraction of sp³-hybridized carbons (Fsp3) is 0.200. The average molecular weight is 263 g/mol. The van der Waals surface area contributed by atoms with Crippen molar-refractivity contribution in [3.05, 3.63) is 64.2 Å². The summed E-state index contributed by atoms with van der Waals surface area (Å²) in [6.45, 7) is 1.92. The fourth-order valence-corrected chi connectivity index (χ4v) is 2.03. The second kappa shape index (κ2) is 5.42. The first-order chi connectivity index (χ1) is 8.63. The smallest absolute Gasteiger partial charge is 0.125 e. The minimum Gasteiger partial charge on any atom is -0.496 e. The monoisotopic (exact) mass is 262 g/mol. The van der Waals surface area contributed by atoms with Gasteiger partial charge in [-0.1, -0.05) is 41.9 Å². The van der Waals surface area contributed by atoms with E-state index >= 15 is 0 Å². The van der Waals surface area contributed by atoms with E-state index in [9.17, 15) is 5.11 Å². The molecule has 0 spiro atoms. The highest BCUT2D eigenvalue weighted by Crippen LogP contribution is 2.31. The van der Waals surface area contributed by atoms with E-state index in [4.69, 9.17) is 16.3 Å². The van der Waals surface area contributed by atoms with Crippen molar-refractivity contribution in [2.75, 3.05) is 7.11 Å². The van der Waals surface area contributed by atoms with Crippen molar-refractivity contribution in [2.45, 2.75) is 13.0 Å². The topological polar surface area (TPSA) is 29.5 Å². The lowest BCUT2D eigenvalue weighted by atomic mass is 9.99. The lowest BCUT2D eigenvalue weighted by Gasteiger charge is -2.15. The summed E-state index contributed by atoms with van der Waals surface area (Å²) >= 11 is 5.98. The van der Waals surface area contributed by atoms with E-state index in [0.29, 0.717) is 10.8 Å². The zero-order valence-corrected chi connectivity index (χ0v) is 11.1. The number of halogens is 1. The molecule has 0 aliphatic rings. The molecule has 3 heteroatoms. The first kappa shape index (κ1) is 12.9. The van der Waals surface area contributed by atoms with Crippen molar-refractivity contribution in [1.29, 1.82) is 0 Å². The van der Waals surface area contributed by atoms with Gasteiger partial charge in [-0.2, -0.15) is 0 Å². The van der Waals surface area contributed by atoms with Crippen molar-refractivity contribution in [3.8, 4) is 5.75 Å². The molecular formula is C15H15ClO2. The summed E-state index contributed by atoms with van der Waals surface area (Å²) in [6.07, 6.45) is -0.711. The van der Waals surface area contributed by atoms with E-state index in [-0.39, 0.29) is 0 Å². The third kappa shape index (κ3) is 2.50. The number of aliphatic hydroxyl groups excluding tert-OH is 1. The van der Waals surface area contributed by atoms with Crippen LogP contribution in [0.2, 0.25) is 5.02 Å². The van der Waals surface area contributed by atoms with E-state index in [1.165, 1.54) is 0 Å². The Labute approximate surface area is 112 Å². The van der Waals surface area contributed by atoms with Crippen LogP contribution in [0.1, 0.15) is 22.8 Å². The van der Waals surface area contributed by atoms with Crippen LogP contribution in [-0.4, -0.2) is 12.2 Å². The lowest BCUT2D eigenvalue weighted by Crippen LogP contribution is -2.02. The van der Waals surface area contributed by atoms with Gasteiger partial charge in [0.05, 0.1) is 7.11 Å². The molecule has 2 rings (SSSR count). The van der Waals surface area contributed by atoms with Crippen LogP contribution in [0, 0.1) is 6.92 Å². The molecule has 0 aromatic heterocycles. The SMILES string of the molecule is COc1ccccc1C(O)c1ccc(Cl)c(C)c1. The van der Waals surface area contributed by atoms with Gasteiger partial charge in [-0.25, -0.2) is 0 Å². The highest BCUT2D eigenvalue weighted by atomic mass is 35.5. The summed E-state index contributed by atoms with van der Waals surface area (Å²) in [6, 6.07) is 13.0. The fourth-order valence-electron chi connectivity index (χ4n) is 1.91. The Hall–Kier alpha value is -1.51. The molecule has 0 bridgehead atoms. The van der Waals surface area contributed by atoms with E-state index in [1.807, 2.05) is 43.3 Å². The number of methoxy groups -OCH3 is 1. The van der Waals surface area contributed by atoms with E-state index in [1.54, 1.807) is 13.2 Å². The highest BCUT2D eigenvalue weighted by Gasteiger charge is 2.15. The molecule has 0 saturated carbocycles. The molecule has 94 valence electrons. The molecule has 0 fully saturated rings. The predicted octanol–water partition coefficient (Wildman–Crippen LogP) is 3.74. The summed E-state index contributed by atoms with van der Waals surface area (Å²) < 4.78 is 5.26. The largest absolute Gasteiger partial charge is 0.496 e. The van der Waals surface area contributed by atoms with E-state index in [2.05, 4.69) is 0 Å². The normalized spacial score (nSPS) is 12.2. The maximum absolute atomic E-state index is 10.4. The summed E-state index contributed by atoms with van der Waals surface area (Å²) in [5, 5.41) is 11.1. The Kier molecular flexibility index (Phi) is 3.90. The highest BCUT2D eigenvalue weighted by molar-refractivity contribution is 6.31. The number of benzene rings is 2. The molecule has 0 amide bonds. The summed E-state index contributed by atoms with van der Waals surface area (Å²) in [5.41, 5.74) is 2.51. The van der Waals surface area contributed by atoms with E-state index < -0.39 is 6.10 Å². The first-order valence-corrected chi connectivity index (χ1v) is 6.08. The van der Waals surface area contributed by atoms with Crippen LogP contribution in [0.25, 0.3) is 0 Å². The molecule has 1 atom stereocenters. The standard InChI is InChI=1S/C15H15ClO2/c1-10-9-11(7-8-13(10)16)15(17)12-5-3-4-6-14(12)18-2/h3-9,15,17H,1-2H3. The second-order valence-corrected chi connectivity index (χ2v) is 4.56. The van der Waals surface area contributed by atoms with Gasteiger partial charge in [0.25, 0.3) is 0 Å². The van der Waals surface area contributed by atoms with Crippen molar-refractivity contribution in [1.82, 2.24) is 0 Å². The molecule has 0 aliphatic heterocycles. The summed E-state index contributed by atoms with van der Waals surface area (Å²) in [5.74, 6) is 0.678. The van der Waals surface area contributed by atoms with Crippen LogP contribution in [0.3, 0.4) is 0 Å². The summed E-state index contributed by atoms with van der Waals surface area (Å²) in [7, 11) is 1.60. The Bertz CT molecular complexity index is 552. The molecule has 2 aromatic carbocycles. The lowest BCUT2D eigenvalue weighted by molar-refractivity contribution is 0.214. The van der Waals surface area contributed by atoms with Gasteiger partial charge in [0.15, 0.2) is 0 Å². The van der Waals surface area contributed by atoms with Crippen molar-refractivity contribution >= 4 is 11.6 Å². The zero-order valence-electron chi connectivity index (χ0n) is 10.4. The molecule has 0 radical (unpaired) electrons. The molecule has 1 unspecified atom stereocenters.